The van der Waals surface area contributed by atoms with E-state index in [-0.39, 0.29) is 6.42 Å². The fourth-order valence-electron chi connectivity index (χ4n) is 2.24. The first-order valence-corrected chi connectivity index (χ1v) is 8.20. The van der Waals surface area contributed by atoms with Gasteiger partial charge in [0.05, 0.1) is 0 Å². The molecule has 4 nitrogen and oxygen atoms in total. The Hall–Kier alpha value is -1.32. The van der Waals surface area contributed by atoms with Crippen molar-refractivity contribution < 1.29 is 19.8 Å². The van der Waals surface area contributed by atoms with E-state index in [4.69, 9.17) is 10.2 Å². The molecule has 0 rings (SSSR count). The Morgan fingerprint density at radius 1 is 0.810 bits per heavy atom. The number of hydrogen-bond donors (Lipinski definition) is 2. The third-order valence-corrected chi connectivity index (χ3v) is 3.60. The molecule has 4 heteroatoms. The molecule has 0 aromatic carbocycles. The van der Waals surface area contributed by atoms with Crippen molar-refractivity contribution in [2.24, 2.45) is 5.92 Å². The minimum absolute atomic E-state index is 0.234. The van der Waals surface area contributed by atoms with Crippen molar-refractivity contribution in [3.05, 3.63) is 12.2 Å². The average Bonchev–Trinajstić information content (AvgIpc) is 2.43. The van der Waals surface area contributed by atoms with Gasteiger partial charge in [-0.3, -0.25) is 9.59 Å². The van der Waals surface area contributed by atoms with Crippen LogP contribution in [0, 0.1) is 5.92 Å². The summed E-state index contributed by atoms with van der Waals surface area (Å²) < 4.78 is 0. The van der Waals surface area contributed by atoms with Crippen LogP contribution in [0.15, 0.2) is 12.2 Å². The Morgan fingerprint density at radius 2 is 1.29 bits per heavy atom. The summed E-state index contributed by atoms with van der Waals surface area (Å²) in [5, 5.41) is 17.5. The zero-order valence-corrected chi connectivity index (χ0v) is 13.2. The first-order valence-electron chi connectivity index (χ1n) is 8.20. The van der Waals surface area contributed by atoms with Gasteiger partial charge >= 0.3 is 11.9 Å². The van der Waals surface area contributed by atoms with Crippen LogP contribution in [0.4, 0.5) is 0 Å². The molecule has 21 heavy (non-hydrogen) atoms. The van der Waals surface area contributed by atoms with Crippen LogP contribution in [-0.2, 0) is 9.59 Å². The summed E-state index contributed by atoms with van der Waals surface area (Å²) in [6.45, 7) is 2.21. The Bertz CT molecular complexity index is 296. The zero-order chi connectivity index (χ0) is 15.9. The van der Waals surface area contributed by atoms with Crippen LogP contribution in [0.2, 0.25) is 0 Å². The predicted octanol–water partition coefficient (Wildman–Crippen LogP) is 4.64. The molecule has 2 N–H and O–H groups in total. The molecule has 0 saturated heterocycles. The van der Waals surface area contributed by atoms with Crippen LogP contribution >= 0.6 is 0 Å². The van der Waals surface area contributed by atoms with E-state index < -0.39 is 17.9 Å². The molecule has 0 aliphatic heterocycles. The highest BCUT2D eigenvalue weighted by Gasteiger charge is 2.24. The van der Waals surface area contributed by atoms with E-state index >= 15 is 0 Å². The predicted molar refractivity (Wildman–Crippen MR) is 84.4 cm³/mol. The average molecular weight is 298 g/mol. The first kappa shape index (κ1) is 19.7. The topological polar surface area (TPSA) is 74.6 Å². The lowest BCUT2D eigenvalue weighted by molar-refractivity contribution is -0.154. The maximum Gasteiger partial charge on any atom is 0.317 e. The maximum absolute atomic E-state index is 10.7. The van der Waals surface area contributed by atoms with Crippen molar-refractivity contribution in [1.29, 1.82) is 0 Å². The summed E-state index contributed by atoms with van der Waals surface area (Å²) in [6, 6.07) is 0. The van der Waals surface area contributed by atoms with E-state index in [1.807, 2.05) is 0 Å². The number of carboxylic acid groups (broad SMARTS) is 2. The van der Waals surface area contributed by atoms with Gasteiger partial charge in [-0.25, -0.2) is 0 Å². The number of allylic oxidation sites excluding steroid dienone is 2. The molecule has 0 atom stereocenters. The van der Waals surface area contributed by atoms with Gasteiger partial charge in [-0.1, -0.05) is 57.6 Å². The number of hydrogen-bond acceptors (Lipinski definition) is 2. The lowest BCUT2D eigenvalue weighted by Gasteiger charge is -2.06. The minimum atomic E-state index is -1.24. The van der Waals surface area contributed by atoms with Gasteiger partial charge in [0, 0.05) is 0 Å². The van der Waals surface area contributed by atoms with E-state index in [1.54, 1.807) is 0 Å². The molecule has 0 spiro atoms. The third-order valence-electron chi connectivity index (χ3n) is 3.60. The molecular weight excluding hydrogens is 268 g/mol. The monoisotopic (exact) mass is 298 g/mol. The number of carboxylic acids is 2. The van der Waals surface area contributed by atoms with Crippen LogP contribution in [-0.4, -0.2) is 22.2 Å². The molecular formula is C17H30O4. The standard InChI is InChI=1S/C17H30O4/c1-2-3-4-5-6-7-8-9-10-11-12-13-14-15(16(18)19)17(20)21/h7-8,15H,2-6,9-14H2,1H3,(H,18,19)(H,20,21). The van der Waals surface area contributed by atoms with Gasteiger partial charge in [-0.2, -0.15) is 0 Å². The van der Waals surface area contributed by atoms with E-state index in [2.05, 4.69) is 19.1 Å². The summed E-state index contributed by atoms with van der Waals surface area (Å²) in [6.07, 6.45) is 15.8. The highest BCUT2D eigenvalue weighted by Crippen LogP contribution is 2.13. The molecule has 0 aromatic heterocycles. The Kier molecular flexibility index (Phi) is 12.8. The summed E-state index contributed by atoms with van der Waals surface area (Å²) in [4.78, 5) is 21.4. The van der Waals surface area contributed by atoms with Crippen LogP contribution in [0.3, 0.4) is 0 Å². The van der Waals surface area contributed by atoms with E-state index in [1.165, 1.54) is 32.1 Å². The molecule has 0 amide bonds. The highest BCUT2D eigenvalue weighted by molar-refractivity contribution is 5.92. The van der Waals surface area contributed by atoms with Crippen molar-refractivity contribution in [3.63, 3.8) is 0 Å². The van der Waals surface area contributed by atoms with Crippen LogP contribution in [0.5, 0.6) is 0 Å². The molecule has 122 valence electrons. The van der Waals surface area contributed by atoms with Gasteiger partial charge in [0.15, 0.2) is 5.92 Å². The molecule has 0 heterocycles. The largest absolute Gasteiger partial charge is 0.481 e. The summed E-state index contributed by atoms with van der Waals surface area (Å²) in [7, 11) is 0. The van der Waals surface area contributed by atoms with Gasteiger partial charge in [0.2, 0.25) is 0 Å². The van der Waals surface area contributed by atoms with Gasteiger partial charge in [0.25, 0.3) is 0 Å². The maximum atomic E-state index is 10.7. The second kappa shape index (κ2) is 13.7. The minimum Gasteiger partial charge on any atom is -0.481 e. The Labute approximate surface area is 128 Å². The summed E-state index contributed by atoms with van der Waals surface area (Å²) >= 11 is 0. The Morgan fingerprint density at radius 3 is 1.76 bits per heavy atom. The number of unbranched alkanes of at least 4 members (excludes halogenated alkanes) is 8. The van der Waals surface area contributed by atoms with E-state index in [0.29, 0.717) is 6.42 Å². The van der Waals surface area contributed by atoms with Crippen molar-refractivity contribution in [2.45, 2.75) is 77.6 Å². The third kappa shape index (κ3) is 12.2. The van der Waals surface area contributed by atoms with Gasteiger partial charge in [-0.15, -0.1) is 0 Å². The normalized spacial score (nSPS) is 11.3. The number of rotatable bonds is 14. The Balaban J connectivity index is 3.41. The molecule has 0 fully saturated rings. The lowest BCUT2D eigenvalue weighted by Crippen LogP contribution is -2.23. The van der Waals surface area contributed by atoms with E-state index in [0.717, 1.165) is 25.7 Å². The van der Waals surface area contributed by atoms with Crippen LogP contribution < -0.4 is 0 Å². The lowest BCUT2D eigenvalue weighted by atomic mass is 10.0. The van der Waals surface area contributed by atoms with E-state index in [9.17, 15) is 9.59 Å². The molecule has 0 unspecified atom stereocenters. The summed E-state index contributed by atoms with van der Waals surface area (Å²) in [5.41, 5.74) is 0. The second-order valence-corrected chi connectivity index (χ2v) is 5.54. The first-order chi connectivity index (χ1) is 10.1. The second-order valence-electron chi connectivity index (χ2n) is 5.54. The van der Waals surface area contributed by atoms with Crippen molar-refractivity contribution >= 4 is 11.9 Å². The smallest absolute Gasteiger partial charge is 0.317 e. The number of carbonyl (C=O) groups is 2. The molecule has 0 radical (unpaired) electrons. The van der Waals surface area contributed by atoms with Crippen LogP contribution in [0.25, 0.3) is 0 Å². The fraction of sp³-hybridized carbons (Fsp3) is 0.765. The molecule has 0 saturated carbocycles. The van der Waals surface area contributed by atoms with Gasteiger partial charge < -0.3 is 10.2 Å². The molecule has 0 aliphatic carbocycles. The SMILES string of the molecule is CCCCCCC=CCCCCCCC(C(=O)O)C(=O)O. The highest BCUT2D eigenvalue weighted by atomic mass is 16.4. The zero-order valence-electron chi connectivity index (χ0n) is 13.2. The van der Waals surface area contributed by atoms with Gasteiger partial charge in [0.1, 0.15) is 0 Å². The fourth-order valence-corrected chi connectivity index (χ4v) is 2.24. The van der Waals surface area contributed by atoms with Gasteiger partial charge in [-0.05, 0) is 32.1 Å². The molecule has 0 bridgehead atoms. The van der Waals surface area contributed by atoms with Crippen LogP contribution in [0.1, 0.15) is 77.6 Å². The molecule has 0 aromatic rings. The number of aliphatic carboxylic acids is 2. The van der Waals surface area contributed by atoms with Crippen molar-refractivity contribution in [1.82, 2.24) is 0 Å². The van der Waals surface area contributed by atoms with Crippen molar-refractivity contribution in [3.8, 4) is 0 Å². The molecule has 0 aliphatic rings. The summed E-state index contributed by atoms with van der Waals surface area (Å²) in [5.74, 6) is -3.70. The van der Waals surface area contributed by atoms with Crippen molar-refractivity contribution in [2.75, 3.05) is 0 Å². The quantitative estimate of drug-likeness (QED) is 0.278.